The average molecular weight is 256 g/mol. The van der Waals surface area contributed by atoms with Gasteiger partial charge in [-0.25, -0.2) is 0 Å². The molecule has 18 heavy (non-hydrogen) atoms. The van der Waals surface area contributed by atoms with Gasteiger partial charge in [-0.05, 0) is 38.8 Å². The van der Waals surface area contributed by atoms with Crippen molar-refractivity contribution in [2.24, 2.45) is 11.7 Å². The molecule has 1 rings (SSSR count). The zero-order chi connectivity index (χ0) is 13.6. The monoisotopic (exact) mass is 256 g/mol. The number of ether oxygens (including phenoxy) is 1. The summed E-state index contributed by atoms with van der Waals surface area (Å²) in [6, 6.07) is 0. The van der Waals surface area contributed by atoms with Gasteiger partial charge in [-0.2, -0.15) is 0 Å². The molecule has 0 spiro atoms. The Kier molecular flexibility index (Phi) is 6.61. The summed E-state index contributed by atoms with van der Waals surface area (Å²) in [5.41, 5.74) is 6.28. The first-order valence-corrected chi connectivity index (χ1v) is 7.58. The van der Waals surface area contributed by atoms with Crippen LogP contribution in [-0.4, -0.2) is 43.3 Å². The van der Waals surface area contributed by atoms with Crippen molar-refractivity contribution in [1.29, 1.82) is 0 Å². The highest BCUT2D eigenvalue weighted by Crippen LogP contribution is 2.32. The molecule has 1 aliphatic rings. The zero-order valence-electron chi connectivity index (χ0n) is 12.7. The van der Waals surface area contributed by atoms with E-state index in [2.05, 4.69) is 32.7 Å². The van der Waals surface area contributed by atoms with E-state index in [1.54, 1.807) is 0 Å². The average Bonchev–Trinajstić information content (AvgIpc) is 2.38. The highest BCUT2D eigenvalue weighted by molar-refractivity contribution is 4.95. The molecule has 3 nitrogen and oxygen atoms in total. The Morgan fingerprint density at radius 3 is 2.67 bits per heavy atom. The fraction of sp³-hybridized carbons (Fsp3) is 1.00. The highest BCUT2D eigenvalue weighted by Gasteiger charge is 2.39. The van der Waals surface area contributed by atoms with Crippen molar-refractivity contribution in [2.75, 3.05) is 26.7 Å². The minimum absolute atomic E-state index is 0.168. The van der Waals surface area contributed by atoms with E-state index < -0.39 is 0 Å². The summed E-state index contributed by atoms with van der Waals surface area (Å²) in [6.07, 6.45) is 6.41. The maximum Gasteiger partial charge on any atom is 0.0616 e. The van der Waals surface area contributed by atoms with Gasteiger partial charge < -0.3 is 10.5 Å². The van der Waals surface area contributed by atoms with Crippen molar-refractivity contribution in [2.45, 2.75) is 64.5 Å². The Bertz CT molecular complexity index is 233. The van der Waals surface area contributed by atoms with E-state index in [1.807, 2.05) is 0 Å². The smallest absolute Gasteiger partial charge is 0.0616 e. The lowest BCUT2D eigenvalue weighted by atomic mass is 9.82. The molecule has 0 bridgehead atoms. The number of nitrogens with two attached hydrogens (primary N) is 1. The number of likely N-dealkylation sites (N-methyl/N-ethyl adjacent to an activating group) is 1. The largest absolute Gasteiger partial charge is 0.378 e. The molecule has 1 fully saturated rings. The highest BCUT2D eigenvalue weighted by atomic mass is 16.5. The van der Waals surface area contributed by atoms with Crippen LogP contribution in [0.4, 0.5) is 0 Å². The second kappa shape index (κ2) is 7.46. The Hall–Kier alpha value is -0.120. The molecule has 0 aromatic rings. The molecular formula is C15H32N2O. The molecule has 0 aromatic carbocycles. The summed E-state index contributed by atoms with van der Waals surface area (Å²) < 4.78 is 5.89. The second-order valence-corrected chi connectivity index (χ2v) is 6.16. The summed E-state index contributed by atoms with van der Waals surface area (Å²) in [7, 11) is 2.24. The standard InChI is InChI=1S/C15H32N2O/c1-5-6-7-9-17(4)15(12-16)8-10-18-14(11-15)13(2)3/h13-14H,5-12,16H2,1-4H3. The predicted octanol–water partition coefficient (Wildman–Crippen LogP) is 2.64. The predicted molar refractivity (Wildman–Crippen MR) is 77.8 cm³/mol. The number of rotatable bonds is 7. The molecule has 3 heteroatoms. The fourth-order valence-electron chi connectivity index (χ4n) is 2.89. The third-order valence-corrected chi connectivity index (χ3v) is 4.51. The van der Waals surface area contributed by atoms with Crippen molar-refractivity contribution in [3.05, 3.63) is 0 Å². The maximum atomic E-state index is 6.11. The molecule has 2 atom stereocenters. The van der Waals surface area contributed by atoms with Crippen molar-refractivity contribution >= 4 is 0 Å². The molecule has 0 saturated carbocycles. The van der Waals surface area contributed by atoms with Gasteiger partial charge in [0.25, 0.3) is 0 Å². The molecule has 0 aliphatic carbocycles. The van der Waals surface area contributed by atoms with E-state index >= 15 is 0 Å². The summed E-state index contributed by atoms with van der Waals surface area (Å²) >= 11 is 0. The molecule has 0 radical (unpaired) electrons. The van der Waals surface area contributed by atoms with Crippen LogP contribution in [0.2, 0.25) is 0 Å². The minimum Gasteiger partial charge on any atom is -0.378 e. The van der Waals surface area contributed by atoms with Crippen LogP contribution in [-0.2, 0) is 4.74 Å². The molecule has 108 valence electrons. The van der Waals surface area contributed by atoms with Gasteiger partial charge in [0.2, 0.25) is 0 Å². The summed E-state index contributed by atoms with van der Waals surface area (Å²) in [4.78, 5) is 2.50. The van der Waals surface area contributed by atoms with Gasteiger partial charge in [0.15, 0.2) is 0 Å². The van der Waals surface area contributed by atoms with Gasteiger partial charge in [-0.1, -0.05) is 33.6 Å². The minimum atomic E-state index is 0.168. The van der Waals surface area contributed by atoms with Crippen LogP contribution in [0.1, 0.15) is 52.9 Å². The van der Waals surface area contributed by atoms with Crippen molar-refractivity contribution in [1.82, 2.24) is 4.90 Å². The van der Waals surface area contributed by atoms with Crippen molar-refractivity contribution in [3.8, 4) is 0 Å². The van der Waals surface area contributed by atoms with Gasteiger partial charge in [-0.15, -0.1) is 0 Å². The Labute approximate surface area is 113 Å². The van der Waals surface area contributed by atoms with Crippen molar-refractivity contribution in [3.63, 3.8) is 0 Å². The van der Waals surface area contributed by atoms with E-state index in [4.69, 9.17) is 10.5 Å². The van der Waals surface area contributed by atoms with E-state index in [-0.39, 0.29) is 5.54 Å². The van der Waals surface area contributed by atoms with Gasteiger partial charge in [-0.3, -0.25) is 4.90 Å². The Morgan fingerprint density at radius 1 is 1.39 bits per heavy atom. The molecule has 1 aliphatic heterocycles. The summed E-state index contributed by atoms with van der Waals surface area (Å²) in [5, 5.41) is 0. The normalized spacial score (nSPS) is 29.2. The van der Waals surface area contributed by atoms with Gasteiger partial charge in [0.1, 0.15) is 0 Å². The van der Waals surface area contributed by atoms with Crippen LogP contribution >= 0.6 is 0 Å². The van der Waals surface area contributed by atoms with E-state index in [9.17, 15) is 0 Å². The third kappa shape index (κ3) is 3.94. The topological polar surface area (TPSA) is 38.5 Å². The van der Waals surface area contributed by atoms with E-state index in [0.29, 0.717) is 12.0 Å². The second-order valence-electron chi connectivity index (χ2n) is 6.16. The first-order valence-electron chi connectivity index (χ1n) is 7.58. The number of hydrogen-bond donors (Lipinski definition) is 1. The molecule has 2 N–H and O–H groups in total. The molecule has 2 unspecified atom stereocenters. The van der Waals surface area contributed by atoms with Crippen LogP contribution in [0.3, 0.4) is 0 Å². The fourth-order valence-corrected chi connectivity index (χ4v) is 2.89. The van der Waals surface area contributed by atoms with Gasteiger partial charge in [0.05, 0.1) is 6.10 Å². The van der Waals surface area contributed by atoms with E-state index in [1.165, 1.54) is 19.3 Å². The molecule has 1 saturated heterocycles. The van der Waals surface area contributed by atoms with Gasteiger partial charge in [0, 0.05) is 18.7 Å². The number of nitrogens with zero attached hydrogens (tertiary/aromatic N) is 1. The molecule has 1 heterocycles. The molecule has 0 amide bonds. The SMILES string of the molecule is CCCCCN(C)C1(CN)CCOC(C(C)C)C1. The van der Waals surface area contributed by atoms with Crippen LogP contribution in [0.5, 0.6) is 0 Å². The van der Waals surface area contributed by atoms with Crippen LogP contribution < -0.4 is 5.73 Å². The zero-order valence-corrected chi connectivity index (χ0v) is 12.7. The van der Waals surface area contributed by atoms with Crippen LogP contribution in [0.15, 0.2) is 0 Å². The van der Waals surface area contributed by atoms with Crippen molar-refractivity contribution < 1.29 is 4.74 Å². The number of unbranched alkanes of at least 4 members (excludes halogenated alkanes) is 2. The van der Waals surface area contributed by atoms with Crippen LogP contribution in [0.25, 0.3) is 0 Å². The quantitative estimate of drug-likeness (QED) is 0.712. The maximum absolute atomic E-state index is 6.11. The first kappa shape index (κ1) is 15.9. The Morgan fingerprint density at radius 2 is 2.11 bits per heavy atom. The molecule has 0 aromatic heterocycles. The third-order valence-electron chi connectivity index (χ3n) is 4.51. The molecular weight excluding hydrogens is 224 g/mol. The summed E-state index contributed by atoms with van der Waals surface area (Å²) in [5.74, 6) is 0.584. The lowest BCUT2D eigenvalue weighted by molar-refractivity contribution is -0.0816. The lowest BCUT2D eigenvalue weighted by Gasteiger charge is -2.47. The van der Waals surface area contributed by atoms with Crippen LogP contribution in [0, 0.1) is 5.92 Å². The summed E-state index contributed by atoms with van der Waals surface area (Å²) in [6.45, 7) is 9.51. The Balaban J connectivity index is 2.59. The van der Waals surface area contributed by atoms with Gasteiger partial charge >= 0.3 is 0 Å². The lowest BCUT2D eigenvalue weighted by Crippen LogP contribution is -2.58. The van der Waals surface area contributed by atoms with E-state index in [0.717, 1.165) is 32.5 Å². The first-order chi connectivity index (χ1) is 8.55. The number of hydrogen-bond acceptors (Lipinski definition) is 3.